The van der Waals surface area contributed by atoms with Crippen molar-refractivity contribution in [2.24, 2.45) is 0 Å². The Morgan fingerprint density at radius 1 is 1.09 bits per heavy atom. The fraction of sp³-hybridized carbons (Fsp3) is 0.211. The Morgan fingerprint density at radius 3 is 2.36 bits per heavy atom. The van der Waals surface area contributed by atoms with E-state index in [2.05, 4.69) is 0 Å². The normalized spacial score (nSPS) is 11.2. The molecule has 0 spiro atoms. The van der Waals surface area contributed by atoms with Crippen LogP contribution < -0.4 is 4.74 Å². The van der Waals surface area contributed by atoms with Crippen LogP contribution in [-0.4, -0.2) is 11.1 Å². The predicted molar refractivity (Wildman–Crippen MR) is 87.7 cm³/mol. The zero-order chi connectivity index (χ0) is 15.8. The van der Waals surface area contributed by atoms with Gasteiger partial charge >= 0.3 is 5.97 Å². The molecule has 3 heteroatoms. The lowest BCUT2D eigenvalue weighted by Gasteiger charge is -2.09. The quantitative estimate of drug-likeness (QED) is 0.763. The standard InChI is InChI=1S/C19H20O3/c1-2-6-17(13-19(20)21)16-9-11-18(12-10-16)22-14-15-7-4-3-5-8-15/h3-5,7-13H,2,6,14H2,1H3,(H,20,21)/b17-13+. The topological polar surface area (TPSA) is 46.5 Å². The first-order valence-electron chi connectivity index (χ1n) is 7.39. The molecule has 114 valence electrons. The first-order valence-corrected chi connectivity index (χ1v) is 7.39. The fourth-order valence-corrected chi connectivity index (χ4v) is 2.22. The van der Waals surface area contributed by atoms with Gasteiger partial charge in [0.2, 0.25) is 0 Å². The molecular formula is C19H20O3. The van der Waals surface area contributed by atoms with E-state index in [4.69, 9.17) is 9.84 Å². The molecule has 0 heterocycles. The van der Waals surface area contributed by atoms with Gasteiger partial charge in [-0.05, 0) is 35.3 Å². The van der Waals surface area contributed by atoms with Crippen LogP contribution in [0.2, 0.25) is 0 Å². The summed E-state index contributed by atoms with van der Waals surface area (Å²) in [6.07, 6.45) is 2.94. The molecule has 0 saturated heterocycles. The molecule has 0 radical (unpaired) electrons. The molecule has 2 aromatic carbocycles. The van der Waals surface area contributed by atoms with Gasteiger partial charge in [0.25, 0.3) is 0 Å². The number of rotatable bonds is 7. The van der Waals surface area contributed by atoms with E-state index in [0.717, 1.165) is 35.3 Å². The first kappa shape index (κ1) is 15.8. The number of hydrogen-bond acceptors (Lipinski definition) is 2. The minimum absolute atomic E-state index is 0.521. The predicted octanol–water partition coefficient (Wildman–Crippen LogP) is 4.53. The molecule has 0 bridgehead atoms. The summed E-state index contributed by atoms with van der Waals surface area (Å²) in [7, 11) is 0. The van der Waals surface area contributed by atoms with Crippen LogP contribution in [0, 0.1) is 0 Å². The summed E-state index contributed by atoms with van der Waals surface area (Å²) in [5.74, 6) is -0.133. The number of allylic oxidation sites excluding steroid dienone is 1. The Morgan fingerprint density at radius 2 is 1.77 bits per heavy atom. The molecule has 0 aliphatic carbocycles. The third-order valence-corrected chi connectivity index (χ3v) is 3.29. The van der Waals surface area contributed by atoms with E-state index in [0.29, 0.717) is 6.61 Å². The maximum atomic E-state index is 10.9. The number of carboxylic acid groups (broad SMARTS) is 1. The molecule has 0 amide bonds. The summed E-state index contributed by atoms with van der Waals surface area (Å²) in [6, 6.07) is 17.5. The van der Waals surface area contributed by atoms with Gasteiger partial charge in [0.1, 0.15) is 12.4 Å². The second kappa shape index (κ2) is 8.03. The van der Waals surface area contributed by atoms with Gasteiger partial charge < -0.3 is 9.84 Å². The van der Waals surface area contributed by atoms with Crippen molar-refractivity contribution in [2.45, 2.75) is 26.4 Å². The number of ether oxygens (including phenoxy) is 1. The van der Waals surface area contributed by atoms with Crippen molar-refractivity contribution in [3.8, 4) is 5.75 Å². The van der Waals surface area contributed by atoms with E-state index in [1.807, 2.05) is 61.5 Å². The van der Waals surface area contributed by atoms with Crippen molar-refractivity contribution in [3.05, 3.63) is 71.8 Å². The van der Waals surface area contributed by atoms with Crippen LogP contribution in [-0.2, 0) is 11.4 Å². The zero-order valence-electron chi connectivity index (χ0n) is 12.7. The first-order chi connectivity index (χ1) is 10.7. The van der Waals surface area contributed by atoms with E-state index in [-0.39, 0.29) is 0 Å². The lowest BCUT2D eigenvalue weighted by Crippen LogP contribution is -1.96. The molecule has 1 N–H and O–H groups in total. The highest BCUT2D eigenvalue weighted by Gasteiger charge is 2.04. The van der Waals surface area contributed by atoms with Crippen molar-refractivity contribution >= 4 is 11.5 Å². The van der Waals surface area contributed by atoms with Gasteiger partial charge in [-0.25, -0.2) is 4.79 Å². The maximum absolute atomic E-state index is 10.9. The molecule has 0 saturated carbocycles. The van der Waals surface area contributed by atoms with Gasteiger partial charge in [0.05, 0.1) is 0 Å². The molecule has 0 fully saturated rings. The van der Waals surface area contributed by atoms with Crippen LogP contribution in [0.5, 0.6) is 5.75 Å². The van der Waals surface area contributed by atoms with Crippen LogP contribution in [0.1, 0.15) is 30.9 Å². The Labute approximate surface area is 130 Å². The van der Waals surface area contributed by atoms with Crippen molar-refractivity contribution in [1.29, 1.82) is 0 Å². The van der Waals surface area contributed by atoms with Crippen LogP contribution in [0.25, 0.3) is 5.57 Å². The average Bonchev–Trinajstić information content (AvgIpc) is 2.54. The highest BCUT2D eigenvalue weighted by molar-refractivity contribution is 5.90. The summed E-state index contributed by atoms with van der Waals surface area (Å²) in [4.78, 5) is 10.9. The molecule has 0 unspecified atom stereocenters. The Kier molecular flexibility index (Phi) is 5.78. The van der Waals surface area contributed by atoms with Crippen molar-refractivity contribution in [1.82, 2.24) is 0 Å². The summed E-state index contributed by atoms with van der Waals surface area (Å²) in [5, 5.41) is 8.94. The number of carbonyl (C=O) groups is 1. The highest BCUT2D eigenvalue weighted by Crippen LogP contribution is 2.23. The minimum Gasteiger partial charge on any atom is -0.489 e. The van der Waals surface area contributed by atoms with Crippen LogP contribution in [0.3, 0.4) is 0 Å². The largest absolute Gasteiger partial charge is 0.489 e. The molecule has 0 aliphatic rings. The molecule has 2 aromatic rings. The van der Waals surface area contributed by atoms with Crippen LogP contribution in [0.15, 0.2) is 60.7 Å². The zero-order valence-corrected chi connectivity index (χ0v) is 12.7. The van der Waals surface area contributed by atoms with Gasteiger partial charge in [0, 0.05) is 6.08 Å². The highest BCUT2D eigenvalue weighted by atomic mass is 16.5. The lowest BCUT2D eigenvalue weighted by atomic mass is 10.0. The molecule has 2 rings (SSSR count). The van der Waals surface area contributed by atoms with E-state index < -0.39 is 5.97 Å². The molecule has 0 atom stereocenters. The summed E-state index contributed by atoms with van der Waals surface area (Å²) in [5.41, 5.74) is 2.88. The molecule has 22 heavy (non-hydrogen) atoms. The minimum atomic E-state index is -0.909. The molecule has 3 nitrogen and oxygen atoms in total. The fourth-order valence-electron chi connectivity index (χ4n) is 2.22. The third kappa shape index (κ3) is 4.77. The van der Waals surface area contributed by atoms with Gasteiger partial charge in [0.15, 0.2) is 0 Å². The lowest BCUT2D eigenvalue weighted by molar-refractivity contribution is -0.131. The van der Waals surface area contributed by atoms with Gasteiger partial charge in [-0.1, -0.05) is 55.8 Å². The second-order valence-corrected chi connectivity index (χ2v) is 5.06. The molecule has 0 aliphatic heterocycles. The van der Waals surface area contributed by atoms with Crippen LogP contribution >= 0.6 is 0 Å². The van der Waals surface area contributed by atoms with Crippen molar-refractivity contribution in [3.63, 3.8) is 0 Å². The van der Waals surface area contributed by atoms with Gasteiger partial charge in [-0.15, -0.1) is 0 Å². The SMILES string of the molecule is CCC/C(=C\C(=O)O)c1ccc(OCc2ccccc2)cc1. The number of carboxylic acids is 1. The average molecular weight is 296 g/mol. The summed E-state index contributed by atoms with van der Waals surface area (Å²) in [6.45, 7) is 2.56. The third-order valence-electron chi connectivity index (χ3n) is 3.29. The van der Waals surface area contributed by atoms with E-state index in [1.54, 1.807) is 0 Å². The Bertz CT molecular complexity index is 627. The second-order valence-electron chi connectivity index (χ2n) is 5.06. The van der Waals surface area contributed by atoms with Crippen LogP contribution in [0.4, 0.5) is 0 Å². The summed E-state index contributed by atoms with van der Waals surface area (Å²) < 4.78 is 5.73. The molecular weight excluding hydrogens is 276 g/mol. The number of hydrogen-bond donors (Lipinski definition) is 1. The molecule has 0 aromatic heterocycles. The van der Waals surface area contributed by atoms with Gasteiger partial charge in [-0.3, -0.25) is 0 Å². The van der Waals surface area contributed by atoms with E-state index in [1.165, 1.54) is 6.08 Å². The maximum Gasteiger partial charge on any atom is 0.328 e. The Balaban J connectivity index is 2.04. The van der Waals surface area contributed by atoms with E-state index in [9.17, 15) is 4.79 Å². The summed E-state index contributed by atoms with van der Waals surface area (Å²) >= 11 is 0. The smallest absolute Gasteiger partial charge is 0.328 e. The number of benzene rings is 2. The number of aliphatic carboxylic acids is 1. The monoisotopic (exact) mass is 296 g/mol. The van der Waals surface area contributed by atoms with Crippen molar-refractivity contribution < 1.29 is 14.6 Å². The Hall–Kier alpha value is -2.55. The van der Waals surface area contributed by atoms with E-state index >= 15 is 0 Å². The van der Waals surface area contributed by atoms with Gasteiger partial charge in [-0.2, -0.15) is 0 Å². The van der Waals surface area contributed by atoms with Crippen molar-refractivity contribution in [2.75, 3.05) is 0 Å².